The summed E-state index contributed by atoms with van der Waals surface area (Å²) in [4.78, 5) is 26.5. The first-order valence-electron chi connectivity index (χ1n) is 8.70. The maximum Gasteiger partial charge on any atom is 0.274 e. The van der Waals surface area contributed by atoms with Crippen LogP contribution in [0, 0.1) is 0 Å². The molecule has 0 radical (unpaired) electrons. The molecule has 3 rings (SSSR count). The van der Waals surface area contributed by atoms with E-state index in [0.717, 1.165) is 19.3 Å². The van der Waals surface area contributed by atoms with Gasteiger partial charge in [-0.05, 0) is 18.9 Å². The van der Waals surface area contributed by atoms with E-state index in [2.05, 4.69) is 12.0 Å². The van der Waals surface area contributed by atoms with Crippen molar-refractivity contribution < 1.29 is 14.3 Å². The van der Waals surface area contributed by atoms with E-state index in [0.29, 0.717) is 38.5 Å². The first-order chi connectivity index (χ1) is 11.6. The summed E-state index contributed by atoms with van der Waals surface area (Å²) in [6, 6.07) is 2.94. The lowest BCUT2D eigenvalue weighted by Gasteiger charge is -2.43. The van der Waals surface area contributed by atoms with Crippen molar-refractivity contribution in [1.29, 1.82) is 0 Å². The van der Waals surface area contributed by atoms with E-state index < -0.39 is 5.60 Å². The Labute approximate surface area is 141 Å². The quantitative estimate of drug-likeness (QED) is 0.823. The highest BCUT2D eigenvalue weighted by Crippen LogP contribution is 2.31. The molecule has 0 bridgehead atoms. The minimum absolute atomic E-state index is 0.00551. The molecule has 132 valence electrons. The number of ether oxygens (including phenoxy) is 2. The molecule has 1 spiro atoms. The van der Waals surface area contributed by atoms with Gasteiger partial charge in [-0.15, -0.1) is 0 Å². The molecule has 0 unspecified atom stereocenters. The molecule has 2 aliphatic heterocycles. The molecule has 2 atom stereocenters. The number of hydrogen-bond acceptors (Lipinski definition) is 5. The third-order valence-corrected chi connectivity index (χ3v) is 4.65. The minimum Gasteiger partial charge on any atom is -0.378 e. The molecule has 0 N–H and O–H groups in total. The molecule has 2 saturated heterocycles. The van der Waals surface area contributed by atoms with Crippen LogP contribution in [0.3, 0.4) is 0 Å². The molecule has 1 amide bonds. The van der Waals surface area contributed by atoms with Gasteiger partial charge in [0.05, 0.1) is 19.3 Å². The van der Waals surface area contributed by atoms with Crippen molar-refractivity contribution in [1.82, 2.24) is 14.7 Å². The smallest absolute Gasteiger partial charge is 0.274 e. The third kappa shape index (κ3) is 3.37. The second-order valence-corrected chi connectivity index (χ2v) is 6.60. The van der Waals surface area contributed by atoms with Crippen LogP contribution in [0.2, 0.25) is 0 Å². The Morgan fingerprint density at radius 2 is 2.25 bits per heavy atom. The molecular formula is C17H25N3O4. The first kappa shape index (κ1) is 17.1. The van der Waals surface area contributed by atoms with Crippen LogP contribution in [0.25, 0.3) is 0 Å². The van der Waals surface area contributed by atoms with E-state index in [1.54, 1.807) is 4.90 Å². The fourth-order valence-corrected chi connectivity index (χ4v) is 3.36. The Bertz CT molecular complexity index is 651. The summed E-state index contributed by atoms with van der Waals surface area (Å²) in [5.74, 6) is -0.145. The van der Waals surface area contributed by atoms with Crippen LogP contribution in [0.15, 0.2) is 16.9 Å². The van der Waals surface area contributed by atoms with Crippen molar-refractivity contribution >= 4 is 5.91 Å². The standard InChI is InChI=1S/C17H25N3O4/c1-3-8-20-15(21)6-5-14(18-20)16(22)19-10-13(4-2)24-17(11-19)7-9-23-12-17/h5-6,13H,3-4,7-12H2,1-2H3/t13-,17+/m0/s1. The predicted molar refractivity (Wildman–Crippen MR) is 88.0 cm³/mol. The number of aryl methyl sites for hydroxylation is 1. The normalized spacial score (nSPS) is 26.9. The number of nitrogens with zero attached hydrogens (tertiary/aromatic N) is 3. The number of rotatable bonds is 4. The maximum absolute atomic E-state index is 12.9. The second kappa shape index (κ2) is 7.03. The van der Waals surface area contributed by atoms with E-state index >= 15 is 0 Å². The molecule has 1 aromatic rings. The molecule has 0 saturated carbocycles. The molecule has 2 fully saturated rings. The van der Waals surface area contributed by atoms with Gasteiger partial charge in [0, 0.05) is 32.2 Å². The highest BCUT2D eigenvalue weighted by atomic mass is 16.6. The summed E-state index contributed by atoms with van der Waals surface area (Å²) in [5.41, 5.74) is -0.261. The highest BCUT2D eigenvalue weighted by Gasteiger charge is 2.45. The number of carbonyl (C=O) groups excluding carboxylic acids is 1. The lowest BCUT2D eigenvalue weighted by atomic mass is 9.98. The number of morpholine rings is 1. The summed E-state index contributed by atoms with van der Waals surface area (Å²) in [5, 5.41) is 4.24. The van der Waals surface area contributed by atoms with Gasteiger partial charge in [0.15, 0.2) is 0 Å². The third-order valence-electron chi connectivity index (χ3n) is 4.65. The lowest BCUT2D eigenvalue weighted by molar-refractivity contribution is -0.145. The number of amides is 1. The van der Waals surface area contributed by atoms with E-state index in [1.165, 1.54) is 16.8 Å². The first-order valence-corrected chi connectivity index (χ1v) is 8.70. The van der Waals surface area contributed by atoms with Crippen LogP contribution in [-0.2, 0) is 16.0 Å². The summed E-state index contributed by atoms with van der Waals surface area (Å²) < 4.78 is 13.1. The Morgan fingerprint density at radius 3 is 2.92 bits per heavy atom. The van der Waals surface area contributed by atoms with Crippen molar-refractivity contribution in [2.75, 3.05) is 26.3 Å². The van der Waals surface area contributed by atoms with Gasteiger partial charge in [-0.25, -0.2) is 4.68 Å². The second-order valence-electron chi connectivity index (χ2n) is 6.60. The van der Waals surface area contributed by atoms with Gasteiger partial charge < -0.3 is 14.4 Å². The van der Waals surface area contributed by atoms with Crippen molar-refractivity contribution in [3.63, 3.8) is 0 Å². The van der Waals surface area contributed by atoms with E-state index in [4.69, 9.17) is 9.47 Å². The van der Waals surface area contributed by atoms with Crippen LogP contribution < -0.4 is 5.56 Å². The fraction of sp³-hybridized carbons (Fsp3) is 0.706. The van der Waals surface area contributed by atoms with Gasteiger partial charge in [0.25, 0.3) is 11.5 Å². The fourth-order valence-electron chi connectivity index (χ4n) is 3.36. The van der Waals surface area contributed by atoms with Crippen molar-refractivity contribution in [3.05, 3.63) is 28.2 Å². The number of hydrogen-bond donors (Lipinski definition) is 0. The molecule has 0 aromatic carbocycles. The van der Waals surface area contributed by atoms with Crippen molar-refractivity contribution in [3.8, 4) is 0 Å². The van der Waals surface area contributed by atoms with Crippen LogP contribution in [0.4, 0.5) is 0 Å². The zero-order chi connectivity index (χ0) is 17.2. The van der Waals surface area contributed by atoms with Crippen LogP contribution >= 0.6 is 0 Å². The average molecular weight is 335 g/mol. The summed E-state index contributed by atoms with van der Waals surface area (Å²) in [6.07, 6.45) is 2.44. The molecule has 2 aliphatic rings. The monoisotopic (exact) mass is 335 g/mol. The summed E-state index contributed by atoms with van der Waals surface area (Å²) in [6.45, 7) is 6.79. The molecule has 1 aromatic heterocycles. The van der Waals surface area contributed by atoms with Gasteiger partial charge in [-0.3, -0.25) is 9.59 Å². The molecular weight excluding hydrogens is 310 g/mol. The van der Waals surface area contributed by atoms with E-state index in [1.807, 2.05) is 6.92 Å². The van der Waals surface area contributed by atoms with Crippen molar-refractivity contribution in [2.24, 2.45) is 0 Å². The Hall–Kier alpha value is -1.73. The molecule has 24 heavy (non-hydrogen) atoms. The number of aromatic nitrogens is 2. The largest absolute Gasteiger partial charge is 0.378 e. The molecule has 7 heteroatoms. The van der Waals surface area contributed by atoms with Gasteiger partial charge >= 0.3 is 0 Å². The average Bonchev–Trinajstić information content (AvgIpc) is 3.03. The van der Waals surface area contributed by atoms with Crippen LogP contribution in [-0.4, -0.2) is 58.6 Å². The van der Waals surface area contributed by atoms with Gasteiger partial charge in [-0.2, -0.15) is 5.10 Å². The predicted octanol–water partition coefficient (Wildman–Crippen LogP) is 1.06. The zero-order valence-corrected chi connectivity index (χ0v) is 14.4. The summed E-state index contributed by atoms with van der Waals surface area (Å²) in [7, 11) is 0. The summed E-state index contributed by atoms with van der Waals surface area (Å²) >= 11 is 0. The van der Waals surface area contributed by atoms with E-state index in [9.17, 15) is 9.59 Å². The Balaban J connectivity index is 1.83. The SMILES string of the molecule is CCCn1nc(C(=O)N2C[C@H](CC)O[C@]3(CCOC3)C2)ccc1=O. The van der Waals surface area contributed by atoms with Gasteiger partial charge in [-0.1, -0.05) is 13.8 Å². The minimum atomic E-state index is -0.396. The Morgan fingerprint density at radius 1 is 1.42 bits per heavy atom. The van der Waals surface area contributed by atoms with Gasteiger partial charge in [0.1, 0.15) is 11.3 Å². The number of carbonyl (C=O) groups is 1. The maximum atomic E-state index is 12.9. The molecule has 0 aliphatic carbocycles. The van der Waals surface area contributed by atoms with Crippen molar-refractivity contribution in [2.45, 2.75) is 51.4 Å². The van der Waals surface area contributed by atoms with Crippen LogP contribution in [0.5, 0.6) is 0 Å². The highest BCUT2D eigenvalue weighted by molar-refractivity contribution is 5.92. The molecule has 3 heterocycles. The van der Waals surface area contributed by atoms with E-state index in [-0.39, 0.29) is 17.6 Å². The topological polar surface area (TPSA) is 73.7 Å². The van der Waals surface area contributed by atoms with Crippen LogP contribution in [0.1, 0.15) is 43.6 Å². The zero-order valence-electron chi connectivity index (χ0n) is 14.4. The Kier molecular flexibility index (Phi) is 5.01. The molecule has 7 nitrogen and oxygen atoms in total. The lowest BCUT2D eigenvalue weighted by Crippen LogP contribution is -2.57. The van der Waals surface area contributed by atoms with Gasteiger partial charge in [0.2, 0.25) is 0 Å².